The van der Waals surface area contributed by atoms with Crippen molar-refractivity contribution in [3.05, 3.63) is 5.89 Å². The largest absolute Gasteiger partial charge is 0.481 e. The molecule has 1 aliphatic carbocycles. The molecule has 0 bridgehead atoms. The van der Waals surface area contributed by atoms with Crippen molar-refractivity contribution in [2.45, 2.75) is 50.2 Å². The highest BCUT2D eigenvalue weighted by atomic mass is 32.2. The highest BCUT2D eigenvalue weighted by molar-refractivity contribution is 7.99. The van der Waals surface area contributed by atoms with Crippen molar-refractivity contribution in [1.29, 1.82) is 0 Å². The lowest BCUT2D eigenvalue weighted by Gasteiger charge is -2.20. The number of hydrogen-bond acceptors (Lipinski definition) is 5. The molecule has 0 spiro atoms. The maximum Gasteiger partial charge on any atom is 0.314 e. The van der Waals surface area contributed by atoms with Crippen LogP contribution >= 0.6 is 11.8 Å². The molecule has 0 atom stereocenters. The minimum absolute atomic E-state index is 0.0374. The Morgan fingerprint density at radius 1 is 1.33 bits per heavy atom. The first-order chi connectivity index (χ1) is 8.74. The van der Waals surface area contributed by atoms with Crippen molar-refractivity contribution in [2.24, 2.45) is 5.92 Å². The van der Waals surface area contributed by atoms with Gasteiger partial charge in [0, 0.05) is 6.42 Å². The first-order valence-electron chi connectivity index (χ1n) is 6.41. The third-order valence-corrected chi connectivity index (χ3v) is 4.06. The van der Waals surface area contributed by atoms with Gasteiger partial charge in [0.2, 0.25) is 5.89 Å². The third-order valence-electron chi connectivity index (χ3n) is 3.26. The number of hydrogen-bond donors (Lipinski definition) is 1. The Kier molecular flexibility index (Phi) is 5.04. The maximum atomic E-state index is 10.4. The van der Waals surface area contributed by atoms with E-state index in [0.717, 1.165) is 30.5 Å². The number of carbonyl (C=O) groups is 1. The van der Waals surface area contributed by atoms with Crippen molar-refractivity contribution >= 4 is 17.7 Å². The van der Waals surface area contributed by atoms with E-state index in [0.29, 0.717) is 11.1 Å². The van der Waals surface area contributed by atoms with Crippen LogP contribution in [-0.4, -0.2) is 27.0 Å². The molecular formula is C12H18N2O3S. The molecule has 0 amide bonds. The Hall–Kier alpha value is -1.04. The number of nitrogens with zero attached hydrogens (tertiary/aromatic N) is 2. The van der Waals surface area contributed by atoms with Crippen LogP contribution in [0.2, 0.25) is 0 Å². The lowest BCUT2D eigenvalue weighted by molar-refractivity contribution is -0.133. The molecular weight excluding hydrogens is 252 g/mol. The van der Waals surface area contributed by atoms with Crippen molar-refractivity contribution in [2.75, 3.05) is 5.75 Å². The fourth-order valence-electron chi connectivity index (χ4n) is 2.32. The van der Waals surface area contributed by atoms with Gasteiger partial charge in [0.25, 0.3) is 5.22 Å². The molecule has 1 fully saturated rings. The van der Waals surface area contributed by atoms with Crippen molar-refractivity contribution in [3.63, 3.8) is 0 Å². The second-order valence-corrected chi connectivity index (χ2v) is 5.61. The average molecular weight is 270 g/mol. The molecule has 1 heterocycles. The van der Waals surface area contributed by atoms with Gasteiger partial charge in [-0.15, -0.1) is 10.2 Å². The highest BCUT2D eigenvalue weighted by Gasteiger charge is 2.15. The van der Waals surface area contributed by atoms with Crippen LogP contribution in [0.3, 0.4) is 0 Å². The lowest BCUT2D eigenvalue weighted by Crippen LogP contribution is -2.07. The van der Waals surface area contributed by atoms with E-state index in [1.807, 2.05) is 0 Å². The molecule has 0 saturated heterocycles. The molecule has 18 heavy (non-hydrogen) atoms. The van der Waals surface area contributed by atoms with Gasteiger partial charge in [-0.25, -0.2) is 0 Å². The fourth-order valence-corrected chi connectivity index (χ4v) is 2.83. The van der Waals surface area contributed by atoms with E-state index >= 15 is 0 Å². The molecule has 0 unspecified atom stereocenters. The van der Waals surface area contributed by atoms with Crippen LogP contribution in [0.5, 0.6) is 0 Å². The summed E-state index contributed by atoms with van der Waals surface area (Å²) in [7, 11) is 0. The summed E-state index contributed by atoms with van der Waals surface area (Å²) in [4.78, 5) is 10.4. The minimum Gasteiger partial charge on any atom is -0.481 e. The molecule has 1 aliphatic rings. The van der Waals surface area contributed by atoms with Gasteiger partial charge in [-0.2, -0.15) is 0 Å². The van der Waals surface area contributed by atoms with E-state index in [2.05, 4.69) is 10.2 Å². The van der Waals surface area contributed by atoms with Gasteiger partial charge in [0.15, 0.2) is 0 Å². The molecule has 0 aromatic carbocycles. The van der Waals surface area contributed by atoms with Crippen LogP contribution in [-0.2, 0) is 11.2 Å². The first kappa shape index (κ1) is 13.4. The van der Waals surface area contributed by atoms with E-state index in [1.54, 1.807) is 0 Å². The molecule has 1 N–H and O–H groups in total. The zero-order chi connectivity index (χ0) is 12.8. The van der Waals surface area contributed by atoms with E-state index < -0.39 is 5.97 Å². The number of aryl methyl sites for hydroxylation is 1. The molecule has 1 saturated carbocycles. The monoisotopic (exact) mass is 270 g/mol. The van der Waals surface area contributed by atoms with Crippen LogP contribution in [0.4, 0.5) is 0 Å². The number of aromatic nitrogens is 2. The summed E-state index contributed by atoms with van der Waals surface area (Å²) in [6, 6.07) is 0. The van der Waals surface area contributed by atoms with E-state index in [4.69, 9.17) is 9.52 Å². The third kappa shape index (κ3) is 4.33. The fraction of sp³-hybridized carbons (Fsp3) is 0.750. The summed E-state index contributed by atoms with van der Waals surface area (Å²) in [6.07, 6.45) is 8.59. The molecule has 6 heteroatoms. The van der Waals surface area contributed by atoms with Crippen molar-refractivity contribution in [3.8, 4) is 0 Å². The van der Waals surface area contributed by atoms with Gasteiger partial charge >= 0.3 is 5.97 Å². The average Bonchev–Trinajstić information content (AvgIpc) is 2.83. The van der Waals surface area contributed by atoms with Crippen molar-refractivity contribution < 1.29 is 14.3 Å². The summed E-state index contributed by atoms with van der Waals surface area (Å²) in [5.74, 6) is 0.515. The molecule has 2 rings (SSSR count). The topological polar surface area (TPSA) is 76.2 Å². The lowest BCUT2D eigenvalue weighted by atomic mass is 9.86. The zero-order valence-electron chi connectivity index (χ0n) is 10.3. The summed E-state index contributed by atoms with van der Waals surface area (Å²) in [5.41, 5.74) is 0. The van der Waals surface area contributed by atoms with Crippen LogP contribution < -0.4 is 0 Å². The minimum atomic E-state index is -0.873. The molecule has 1 aromatic rings. The summed E-state index contributed by atoms with van der Waals surface area (Å²) < 4.78 is 5.40. The molecule has 0 radical (unpaired) electrons. The predicted molar refractivity (Wildman–Crippen MR) is 67.6 cm³/mol. The molecule has 5 nitrogen and oxygen atoms in total. The molecule has 100 valence electrons. The quantitative estimate of drug-likeness (QED) is 0.801. The zero-order valence-corrected chi connectivity index (χ0v) is 11.1. The van der Waals surface area contributed by atoms with Crippen LogP contribution in [0.1, 0.15) is 44.4 Å². The van der Waals surface area contributed by atoms with Crippen molar-refractivity contribution in [1.82, 2.24) is 10.2 Å². The Bertz CT molecular complexity index is 388. The predicted octanol–water partition coefficient (Wildman–Crippen LogP) is 2.76. The number of rotatable bonds is 6. The second-order valence-electron chi connectivity index (χ2n) is 4.69. The summed E-state index contributed by atoms with van der Waals surface area (Å²) >= 11 is 1.07. The number of carboxylic acids is 1. The van der Waals surface area contributed by atoms with Gasteiger partial charge in [-0.3, -0.25) is 4.79 Å². The Morgan fingerprint density at radius 2 is 2.11 bits per heavy atom. The van der Waals surface area contributed by atoms with Gasteiger partial charge < -0.3 is 9.52 Å². The molecule has 1 aromatic heterocycles. The molecule has 0 aliphatic heterocycles. The Balaban J connectivity index is 1.73. The van der Waals surface area contributed by atoms with Gasteiger partial charge in [-0.05, 0) is 12.3 Å². The van der Waals surface area contributed by atoms with E-state index in [9.17, 15) is 4.79 Å². The summed E-state index contributed by atoms with van der Waals surface area (Å²) in [5, 5.41) is 16.7. The van der Waals surface area contributed by atoms with Gasteiger partial charge in [0.1, 0.15) is 5.75 Å². The Morgan fingerprint density at radius 3 is 2.83 bits per heavy atom. The number of carboxylic acid groups (broad SMARTS) is 1. The van der Waals surface area contributed by atoms with Crippen LogP contribution in [0, 0.1) is 5.92 Å². The normalized spacial score (nSPS) is 16.9. The number of thioether (sulfide) groups is 1. The Labute approximate surface area is 110 Å². The second kappa shape index (κ2) is 6.78. The number of aliphatic carboxylic acids is 1. The summed E-state index contributed by atoms with van der Waals surface area (Å²) in [6.45, 7) is 0. The van der Waals surface area contributed by atoms with Crippen LogP contribution in [0.15, 0.2) is 9.64 Å². The van der Waals surface area contributed by atoms with Gasteiger partial charge in [0.05, 0.1) is 0 Å². The van der Waals surface area contributed by atoms with Gasteiger partial charge in [-0.1, -0.05) is 43.9 Å². The standard InChI is InChI=1S/C12H18N2O3S/c15-11(16)8-18-12-14-13-10(17-12)7-6-9-4-2-1-3-5-9/h9H,1-8H2,(H,15,16). The highest BCUT2D eigenvalue weighted by Crippen LogP contribution is 2.27. The van der Waals surface area contributed by atoms with E-state index in [1.165, 1.54) is 32.1 Å². The van der Waals surface area contributed by atoms with E-state index in [-0.39, 0.29) is 5.75 Å². The smallest absolute Gasteiger partial charge is 0.314 e. The maximum absolute atomic E-state index is 10.4. The van der Waals surface area contributed by atoms with Crippen LogP contribution in [0.25, 0.3) is 0 Å². The SMILES string of the molecule is O=C(O)CSc1nnc(CCC2CCCCC2)o1. The first-order valence-corrected chi connectivity index (χ1v) is 7.39.